The molecule has 6 nitrogen and oxygen atoms in total. The van der Waals surface area contributed by atoms with Crippen LogP contribution >= 0.6 is 0 Å². The Balaban J connectivity index is 1.59. The van der Waals surface area contributed by atoms with Crippen molar-refractivity contribution in [3.63, 3.8) is 0 Å². The Morgan fingerprint density at radius 2 is 1.74 bits per heavy atom. The molecule has 7 heteroatoms. The van der Waals surface area contributed by atoms with Gasteiger partial charge in [0.05, 0.1) is 18.7 Å². The minimum Gasteiger partial charge on any atom is -0.507 e. The summed E-state index contributed by atoms with van der Waals surface area (Å²) < 4.78 is 19.0. The number of rotatable bonds is 6. The normalized spacial score (nSPS) is 17.3. The third-order valence-corrected chi connectivity index (χ3v) is 6.39. The topological polar surface area (TPSA) is 82.6 Å². The van der Waals surface area contributed by atoms with E-state index in [0.29, 0.717) is 17.7 Å². The molecule has 176 valence electrons. The second-order valence-electron chi connectivity index (χ2n) is 8.35. The van der Waals surface area contributed by atoms with E-state index in [0.717, 1.165) is 16.5 Å². The molecular formula is C28H23FN2O4. The molecule has 0 unspecified atom stereocenters. The molecule has 3 aromatic carbocycles. The van der Waals surface area contributed by atoms with E-state index < -0.39 is 23.5 Å². The molecule has 0 saturated carbocycles. The molecule has 0 aliphatic carbocycles. The number of amides is 1. The van der Waals surface area contributed by atoms with Gasteiger partial charge in [0.25, 0.3) is 11.7 Å². The van der Waals surface area contributed by atoms with Crippen molar-refractivity contribution in [2.45, 2.75) is 12.5 Å². The first kappa shape index (κ1) is 22.4. The van der Waals surface area contributed by atoms with E-state index in [9.17, 15) is 19.1 Å². The summed E-state index contributed by atoms with van der Waals surface area (Å²) in [5.74, 6) is -1.83. The number of aliphatic hydroxyl groups is 1. The Morgan fingerprint density at radius 3 is 2.51 bits per heavy atom. The highest BCUT2D eigenvalue weighted by molar-refractivity contribution is 6.46. The maximum atomic E-state index is 13.5. The number of aliphatic hydroxyl groups excluding tert-OH is 1. The maximum absolute atomic E-state index is 13.5. The minimum absolute atomic E-state index is 0.0509. The Bertz CT molecular complexity index is 1460. The largest absolute Gasteiger partial charge is 0.507 e. The van der Waals surface area contributed by atoms with Gasteiger partial charge in [-0.05, 0) is 48.4 Å². The van der Waals surface area contributed by atoms with Crippen LogP contribution in [0.5, 0.6) is 5.75 Å². The number of nitrogens with one attached hydrogen (secondary N) is 1. The van der Waals surface area contributed by atoms with E-state index in [1.165, 1.54) is 36.3 Å². The summed E-state index contributed by atoms with van der Waals surface area (Å²) in [7, 11) is 1.51. The van der Waals surface area contributed by atoms with Gasteiger partial charge in [-0.15, -0.1) is 0 Å². The van der Waals surface area contributed by atoms with Gasteiger partial charge in [0.2, 0.25) is 0 Å². The molecule has 35 heavy (non-hydrogen) atoms. The number of methoxy groups -OCH3 is 1. The lowest BCUT2D eigenvalue weighted by molar-refractivity contribution is -0.139. The fraction of sp³-hybridized carbons (Fsp3) is 0.143. The van der Waals surface area contributed by atoms with Gasteiger partial charge in [-0.25, -0.2) is 4.39 Å². The van der Waals surface area contributed by atoms with Gasteiger partial charge < -0.3 is 19.7 Å². The molecule has 1 aliphatic heterocycles. The van der Waals surface area contributed by atoms with Crippen LogP contribution in [0, 0.1) is 5.82 Å². The standard InChI is InChI=1S/C28H23FN2O4/c1-35-23-9-5-3-7-21(23)25-24(26(32)17-10-12-19(29)13-11-17)27(33)28(34)31(25)15-14-18-16-30-22-8-4-2-6-20(18)22/h2-13,16,25,30,32H,14-15H2,1H3/t25-/m0/s1. The van der Waals surface area contributed by atoms with E-state index in [2.05, 4.69) is 4.98 Å². The smallest absolute Gasteiger partial charge is 0.295 e. The number of Topliss-reactive ketones (excluding diaryl/α,β-unsaturated/α-hetero) is 1. The number of hydrogen-bond acceptors (Lipinski definition) is 4. The number of para-hydroxylation sites is 2. The number of benzene rings is 3. The van der Waals surface area contributed by atoms with Crippen LogP contribution < -0.4 is 4.74 Å². The van der Waals surface area contributed by atoms with Gasteiger partial charge in [0.1, 0.15) is 17.3 Å². The van der Waals surface area contributed by atoms with Crippen LogP contribution in [0.25, 0.3) is 16.7 Å². The monoisotopic (exact) mass is 470 g/mol. The van der Waals surface area contributed by atoms with Crippen LogP contribution in [0.15, 0.2) is 84.6 Å². The zero-order valence-electron chi connectivity index (χ0n) is 19.0. The predicted octanol–water partition coefficient (Wildman–Crippen LogP) is 4.98. The van der Waals surface area contributed by atoms with Crippen LogP contribution in [0.3, 0.4) is 0 Å². The molecule has 1 aromatic heterocycles. The number of carbonyl (C=O) groups is 2. The van der Waals surface area contributed by atoms with Crippen molar-refractivity contribution >= 4 is 28.4 Å². The zero-order valence-corrected chi connectivity index (χ0v) is 19.0. The number of aromatic nitrogens is 1. The Labute approximate surface area is 201 Å². The number of likely N-dealkylation sites (tertiary alicyclic amines) is 1. The van der Waals surface area contributed by atoms with Crippen molar-refractivity contribution < 1.29 is 23.8 Å². The number of H-pyrrole nitrogens is 1. The highest BCUT2D eigenvalue weighted by atomic mass is 19.1. The van der Waals surface area contributed by atoms with Gasteiger partial charge >= 0.3 is 0 Å². The Kier molecular flexibility index (Phi) is 5.82. The number of nitrogens with zero attached hydrogens (tertiary/aromatic N) is 1. The van der Waals surface area contributed by atoms with Crippen LogP contribution in [0.2, 0.25) is 0 Å². The summed E-state index contributed by atoms with van der Waals surface area (Å²) in [6.45, 7) is 0.245. The van der Waals surface area contributed by atoms with Crippen LogP contribution in [-0.4, -0.2) is 40.3 Å². The second-order valence-corrected chi connectivity index (χ2v) is 8.35. The maximum Gasteiger partial charge on any atom is 0.295 e. The molecule has 1 fully saturated rings. The highest BCUT2D eigenvalue weighted by Crippen LogP contribution is 2.42. The number of carbonyl (C=O) groups excluding carboxylic acids is 2. The molecule has 0 bridgehead atoms. The summed E-state index contributed by atoms with van der Waals surface area (Å²) >= 11 is 0. The number of ether oxygens (including phenoxy) is 1. The minimum atomic E-state index is -0.860. The first-order valence-electron chi connectivity index (χ1n) is 11.2. The molecule has 4 aromatic rings. The van der Waals surface area contributed by atoms with E-state index in [1.807, 2.05) is 30.5 Å². The van der Waals surface area contributed by atoms with Gasteiger partial charge in [-0.1, -0.05) is 36.4 Å². The fourth-order valence-corrected chi connectivity index (χ4v) is 4.67. The summed E-state index contributed by atoms with van der Waals surface area (Å²) in [5.41, 5.74) is 2.78. The molecule has 1 aliphatic rings. The number of hydrogen-bond donors (Lipinski definition) is 2. The first-order valence-corrected chi connectivity index (χ1v) is 11.2. The molecule has 5 rings (SSSR count). The lowest BCUT2D eigenvalue weighted by Crippen LogP contribution is -2.31. The van der Waals surface area contributed by atoms with Gasteiger partial charge in [0, 0.05) is 34.8 Å². The third-order valence-electron chi connectivity index (χ3n) is 6.39. The van der Waals surface area contributed by atoms with Gasteiger partial charge in [-0.2, -0.15) is 0 Å². The lowest BCUT2D eigenvalue weighted by Gasteiger charge is -2.26. The van der Waals surface area contributed by atoms with Crippen LogP contribution in [0.4, 0.5) is 4.39 Å². The summed E-state index contributed by atoms with van der Waals surface area (Å²) in [5, 5.41) is 12.2. The number of fused-ring (bicyclic) bond motifs is 1. The molecule has 0 radical (unpaired) electrons. The van der Waals surface area contributed by atoms with Gasteiger partial charge in [0.15, 0.2) is 0 Å². The van der Waals surface area contributed by atoms with Crippen LogP contribution in [-0.2, 0) is 16.0 Å². The van der Waals surface area contributed by atoms with Crippen molar-refractivity contribution in [3.05, 3.63) is 107 Å². The molecule has 1 atom stereocenters. The van der Waals surface area contributed by atoms with E-state index in [-0.39, 0.29) is 23.4 Å². The van der Waals surface area contributed by atoms with Crippen molar-refractivity contribution in [1.82, 2.24) is 9.88 Å². The average molecular weight is 471 g/mol. The van der Waals surface area contributed by atoms with Crippen molar-refractivity contribution in [2.24, 2.45) is 0 Å². The second kappa shape index (κ2) is 9.10. The van der Waals surface area contributed by atoms with Crippen molar-refractivity contribution in [1.29, 1.82) is 0 Å². The zero-order chi connectivity index (χ0) is 24.5. The van der Waals surface area contributed by atoms with E-state index >= 15 is 0 Å². The molecular weight excluding hydrogens is 447 g/mol. The fourth-order valence-electron chi connectivity index (χ4n) is 4.67. The summed E-state index contributed by atoms with van der Waals surface area (Å²) in [6, 6.07) is 19.2. The van der Waals surface area contributed by atoms with Gasteiger partial charge in [-0.3, -0.25) is 9.59 Å². The molecule has 0 spiro atoms. The van der Waals surface area contributed by atoms with E-state index in [1.54, 1.807) is 24.3 Å². The quantitative estimate of drug-likeness (QED) is 0.237. The molecule has 2 N–H and O–H groups in total. The van der Waals surface area contributed by atoms with Crippen molar-refractivity contribution in [2.75, 3.05) is 13.7 Å². The Morgan fingerprint density at radius 1 is 1.03 bits per heavy atom. The predicted molar refractivity (Wildman–Crippen MR) is 130 cm³/mol. The summed E-state index contributed by atoms with van der Waals surface area (Å²) in [6.07, 6.45) is 2.40. The number of aromatic amines is 1. The number of halogens is 1. The molecule has 1 saturated heterocycles. The lowest BCUT2D eigenvalue weighted by atomic mass is 9.94. The van der Waals surface area contributed by atoms with Crippen molar-refractivity contribution in [3.8, 4) is 5.75 Å². The summed E-state index contributed by atoms with van der Waals surface area (Å²) in [4.78, 5) is 31.2. The average Bonchev–Trinajstić information content (AvgIpc) is 3.41. The molecule has 2 heterocycles. The SMILES string of the molecule is COc1ccccc1[C@H]1C(=C(O)c2ccc(F)cc2)C(=O)C(=O)N1CCc1c[nH]c2ccccc12. The third kappa shape index (κ3) is 3.95. The molecule has 1 amide bonds. The Hall–Kier alpha value is -4.39. The first-order chi connectivity index (χ1) is 17.0. The van der Waals surface area contributed by atoms with Crippen LogP contribution in [0.1, 0.15) is 22.7 Å². The van der Waals surface area contributed by atoms with E-state index in [4.69, 9.17) is 4.74 Å². The number of ketones is 1. The highest BCUT2D eigenvalue weighted by Gasteiger charge is 2.46.